The second-order valence-corrected chi connectivity index (χ2v) is 5.11. The van der Waals surface area contributed by atoms with Crippen LogP contribution >= 0.6 is 23.2 Å². The number of halogens is 2. The summed E-state index contributed by atoms with van der Waals surface area (Å²) < 4.78 is 0. The van der Waals surface area contributed by atoms with Crippen LogP contribution < -0.4 is 5.32 Å². The maximum atomic E-state index is 11.8. The van der Waals surface area contributed by atoms with Gasteiger partial charge < -0.3 is 5.32 Å². The lowest BCUT2D eigenvalue weighted by molar-refractivity contribution is -0.117. The summed E-state index contributed by atoms with van der Waals surface area (Å²) in [7, 11) is 1.93. The molecule has 1 amide bonds. The molecular formula is C13H18Cl2N2O. The fourth-order valence-electron chi connectivity index (χ4n) is 1.54. The summed E-state index contributed by atoms with van der Waals surface area (Å²) in [6.45, 7) is 3.38. The van der Waals surface area contributed by atoms with Crippen LogP contribution in [0.25, 0.3) is 0 Å². The topological polar surface area (TPSA) is 32.3 Å². The SMILES string of the molecule is CCCCN(C)CC(=O)Nc1cc(Cl)ccc1Cl. The quantitative estimate of drug-likeness (QED) is 0.866. The molecule has 0 heterocycles. The maximum Gasteiger partial charge on any atom is 0.238 e. The minimum absolute atomic E-state index is 0.0854. The van der Waals surface area contributed by atoms with Gasteiger partial charge in [-0.25, -0.2) is 0 Å². The molecule has 5 heteroatoms. The highest BCUT2D eigenvalue weighted by molar-refractivity contribution is 6.35. The summed E-state index contributed by atoms with van der Waals surface area (Å²) >= 11 is 11.8. The molecule has 18 heavy (non-hydrogen) atoms. The average Bonchev–Trinajstić information content (AvgIpc) is 2.31. The Morgan fingerprint density at radius 2 is 2.11 bits per heavy atom. The van der Waals surface area contributed by atoms with E-state index < -0.39 is 0 Å². The van der Waals surface area contributed by atoms with Gasteiger partial charge in [0.05, 0.1) is 17.3 Å². The first-order chi connectivity index (χ1) is 8.52. The van der Waals surface area contributed by atoms with E-state index in [1.165, 1.54) is 0 Å². The van der Waals surface area contributed by atoms with Crippen molar-refractivity contribution in [2.24, 2.45) is 0 Å². The van der Waals surface area contributed by atoms with Crippen molar-refractivity contribution in [2.75, 3.05) is 25.5 Å². The molecule has 0 radical (unpaired) electrons. The Morgan fingerprint density at radius 1 is 1.39 bits per heavy atom. The summed E-state index contributed by atoms with van der Waals surface area (Å²) in [4.78, 5) is 13.8. The zero-order valence-electron chi connectivity index (χ0n) is 10.7. The first kappa shape index (κ1) is 15.3. The van der Waals surface area contributed by atoms with Crippen LogP contribution in [0.15, 0.2) is 18.2 Å². The molecule has 0 unspecified atom stereocenters. The average molecular weight is 289 g/mol. The second kappa shape index (κ2) is 7.62. The number of carbonyl (C=O) groups is 1. The van der Waals surface area contributed by atoms with Crippen molar-refractivity contribution < 1.29 is 4.79 Å². The molecule has 0 spiro atoms. The molecule has 0 fully saturated rings. The third kappa shape index (κ3) is 5.25. The smallest absolute Gasteiger partial charge is 0.238 e. The van der Waals surface area contributed by atoms with Crippen LogP contribution in [0.5, 0.6) is 0 Å². The first-order valence-electron chi connectivity index (χ1n) is 5.96. The largest absolute Gasteiger partial charge is 0.324 e. The van der Waals surface area contributed by atoms with Gasteiger partial charge in [0.15, 0.2) is 0 Å². The molecule has 1 N–H and O–H groups in total. The van der Waals surface area contributed by atoms with Gasteiger partial charge in [-0.2, -0.15) is 0 Å². The van der Waals surface area contributed by atoms with Crippen LogP contribution in [0.3, 0.4) is 0 Å². The van der Waals surface area contributed by atoms with Crippen LogP contribution in [0.1, 0.15) is 19.8 Å². The number of nitrogens with zero attached hydrogens (tertiary/aromatic N) is 1. The molecule has 1 rings (SSSR count). The van der Waals surface area contributed by atoms with Crippen molar-refractivity contribution in [3.63, 3.8) is 0 Å². The van der Waals surface area contributed by atoms with Gasteiger partial charge in [0.1, 0.15) is 0 Å². The third-order valence-electron chi connectivity index (χ3n) is 2.51. The Labute approximate surface area is 118 Å². The van der Waals surface area contributed by atoms with Gasteiger partial charge in [0, 0.05) is 5.02 Å². The number of hydrogen-bond acceptors (Lipinski definition) is 2. The number of benzene rings is 1. The van der Waals surface area contributed by atoms with Gasteiger partial charge >= 0.3 is 0 Å². The molecule has 0 aromatic heterocycles. The van der Waals surface area contributed by atoms with E-state index in [1.807, 2.05) is 11.9 Å². The summed E-state index contributed by atoms with van der Waals surface area (Å²) in [5.74, 6) is -0.0854. The van der Waals surface area contributed by atoms with Gasteiger partial charge in [-0.3, -0.25) is 9.69 Å². The summed E-state index contributed by atoms with van der Waals surface area (Å²) in [5.41, 5.74) is 0.554. The molecule has 0 aliphatic rings. The highest BCUT2D eigenvalue weighted by Crippen LogP contribution is 2.25. The van der Waals surface area contributed by atoms with E-state index in [-0.39, 0.29) is 5.91 Å². The fourth-order valence-corrected chi connectivity index (χ4v) is 1.87. The van der Waals surface area contributed by atoms with E-state index in [0.29, 0.717) is 22.3 Å². The van der Waals surface area contributed by atoms with E-state index >= 15 is 0 Å². The molecule has 0 aliphatic heterocycles. The van der Waals surface area contributed by atoms with Crippen molar-refractivity contribution in [1.29, 1.82) is 0 Å². The van der Waals surface area contributed by atoms with E-state index in [9.17, 15) is 4.79 Å². The monoisotopic (exact) mass is 288 g/mol. The lowest BCUT2D eigenvalue weighted by atomic mass is 10.3. The van der Waals surface area contributed by atoms with E-state index in [0.717, 1.165) is 19.4 Å². The molecule has 3 nitrogen and oxygen atoms in total. The van der Waals surface area contributed by atoms with Gasteiger partial charge in [-0.15, -0.1) is 0 Å². The lowest BCUT2D eigenvalue weighted by Crippen LogP contribution is -2.30. The van der Waals surface area contributed by atoms with Crippen molar-refractivity contribution in [3.8, 4) is 0 Å². The van der Waals surface area contributed by atoms with Crippen LogP contribution in [-0.2, 0) is 4.79 Å². The predicted octanol–water partition coefficient (Wildman–Crippen LogP) is 3.66. The third-order valence-corrected chi connectivity index (χ3v) is 3.07. The summed E-state index contributed by atoms with van der Waals surface area (Å²) in [6, 6.07) is 5.00. The Hall–Kier alpha value is -0.770. The van der Waals surface area contributed by atoms with E-state index in [2.05, 4.69) is 12.2 Å². The van der Waals surface area contributed by atoms with Crippen molar-refractivity contribution >= 4 is 34.8 Å². The second-order valence-electron chi connectivity index (χ2n) is 4.26. The molecule has 1 aromatic carbocycles. The normalized spacial score (nSPS) is 10.7. The molecular weight excluding hydrogens is 271 g/mol. The van der Waals surface area contributed by atoms with E-state index in [1.54, 1.807) is 18.2 Å². The number of rotatable bonds is 6. The molecule has 100 valence electrons. The van der Waals surface area contributed by atoms with Crippen LogP contribution in [0.4, 0.5) is 5.69 Å². The van der Waals surface area contributed by atoms with E-state index in [4.69, 9.17) is 23.2 Å². The number of likely N-dealkylation sites (N-methyl/N-ethyl adjacent to an activating group) is 1. The molecule has 0 atom stereocenters. The van der Waals surface area contributed by atoms with Crippen LogP contribution in [0.2, 0.25) is 10.0 Å². The molecule has 0 saturated carbocycles. The van der Waals surface area contributed by atoms with Gasteiger partial charge in [-0.05, 0) is 38.2 Å². The molecule has 0 saturated heterocycles. The lowest BCUT2D eigenvalue weighted by Gasteiger charge is -2.16. The Balaban J connectivity index is 2.51. The Morgan fingerprint density at radius 3 is 2.78 bits per heavy atom. The fraction of sp³-hybridized carbons (Fsp3) is 0.462. The number of unbranched alkanes of at least 4 members (excludes halogenated alkanes) is 1. The number of carbonyl (C=O) groups excluding carboxylic acids is 1. The Bertz CT molecular complexity index is 410. The highest BCUT2D eigenvalue weighted by Gasteiger charge is 2.09. The van der Waals surface area contributed by atoms with Gasteiger partial charge in [0.2, 0.25) is 5.91 Å². The zero-order valence-corrected chi connectivity index (χ0v) is 12.2. The Kier molecular flexibility index (Phi) is 6.47. The molecule has 1 aromatic rings. The summed E-state index contributed by atoms with van der Waals surface area (Å²) in [5, 5.41) is 3.80. The molecule has 0 bridgehead atoms. The standard InChI is InChI=1S/C13H18Cl2N2O/c1-3-4-7-17(2)9-13(18)16-12-8-10(14)5-6-11(12)15/h5-6,8H,3-4,7,9H2,1-2H3,(H,16,18). The van der Waals surface area contributed by atoms with Crippen molar-refractivity contribution in [3.05, 3.63) is 28.2 Å². The number of hydrogen-bond donors (Lipinski definition) is 1. The van der Waals surface area contributed by atoms with Gasteiger partial charge in [-0.1, -0.05) is 36.5 Å². The maximum absolute atomic E-state index is 11.8. The van der Waals surface area contributed by atoms with Gasteiger partial charge in [0.25, 0.3) is 0 Å². The minimum atomic E-state index is -0.0854. The minimum Gasteiger partial charge on any atom is -0.324 e. The van der Waals surface area contributed by atoms with Crippen molar-refractivity contribution in [2.45, 2.75) is 19.8 Å². The number of anilines is 1. The zero-order chi connectivity index (χ0) is 13.5. The first-order valence-corrected chi connectivity index (χ1v) is 6.72. The highest BCUT2D eigenvalue weighted by atomic mass is 35.5. The van der Waals surface area contributed by atoms with Crippen LogP contribution in [-0.4, -0.2) is 30.9 Å². The predicted molar refractivity (Wildman–Crippen MR) is 77.5 cm³/mol. The van der Waals surface area contributed by atoms with Crippen LogP contribution in [0, 0.1) is 0 Å². The number of nitrogens with one attached hydrogen (secondary N) is 1. The molecule has 0 aliphatic carbocycles. The van der Waals surface area contributed by atoms with Crippen molar-refractivity contribution in [1.82, 2.24) is 4.90 Å². The summed E-state index contributed by atoms with van der Waals surface area (Å²) in [6.07, 6.45) is 2.20. The number of amides is 1.